The van der Waals surface area contributed by atoms with Crippen LogP contribution >= 0.6 is 0 Å². The number of rotatable bonds is 5. The van der Waals surface area contributed by atoms with E-state index < -0.39 is 0 Å². The molecule has 1 aliphatic heterocycles. The number of hydrogen-bond donors (Lipinski definition) is 2. The van der Waals surface area contributed by atoms with Crippen molar-refractivity contribution in [1.82, 2.24) is 15.2 Å². The van der Waals surface area contributed by atoms with Crippen molar-refractivity contribution < 1.29 is 14.3 Å². The normalized spacial score (nSPS) is 20.2. The van der Waals surface area contributed by atoms with Gasteiger partial charge in [0, 0.05) is 17.1 Å². The number of carbonyl (C=O) groups is 1. The number of hydrogen-bond acceptors (Lipinski definition) is 4. The first-order chi connectivity index (χ1) is 14.6. The summed E-state index contributed by atoms with van der Waals surface area (Å²) in [5.74, 6) is 0. The summed E-state index contributed by atoms with van der Waals surface area (Å²) in [4.78, 5) is 30.5. The zero-order valence-electron chi connectivity index (χ0n) is 17.6. The molecular formula is C23H31N3O4. The van der Waals surface area contributed by atoms with Gasteiger partial charge in [-0.1, -0.05) is 30.9 Å². The SMILES string of the molecule is Cc1ccc2[nH]c(=O)c(CN(CC3COCCO3)C(=O)NC3CCCCC3)cc2c1. The largest absolute Gasteiger partial charge is 0.376 e. The molecule has 1 saturated heterocycles. The number of benzene rings is 1. The van der Waals surface area contributed by atoms with E-state index in [2.05, 4.69) is 10.3 Å². The van der Waals surface area contributed by atoms with Gasteiger partial charge in [0.15, 0.2) is 0 Å². The lowest BCUT2D eigenvalue weighted by molar-refractivity contribution is -0.0947. The summed E-state index contributed by atoms with van der Waals surface area (Å²) in [6.45, 7) is 4.21. The lowest BCUT2D eigenvalue weighted by Gasteiger charge is -2.32. The molecule has 2 aliphatic rings. The lowest BCUT2D eigenvalue weighted by Crippen LogP contribution is -2.49. The molecule has 162 valence electrons. The molecule has 1 aromatic heterocycles. The minimum atomic E-state index is -0.183. The lowest BCUT2D eigenvalue weighted by atomic mass is 9.96. The van der Waals surface area contributed by atoms with Gasteiger partial charge in [0.05, 0.1) is 39.0 Å². The fraction of sp³-hybridized carbons (Fsp3) is 0.565. The number of ether oxygens (including phenoxy) is 2. The number of aryl methyl sites for hydroxylation is 1. The Balaban J connectivity index is 1.54. The van der Waals surface area contributed by atoms with E-state index in [0.29, 0.717) is 31.9 Å². The molecule has 1 atom stereocenters. The number of H-pyrrole nitrogens is 1. The quantitative estimate of drug-likeness (QED) is 0.789. The monoisotopic (exact) mass is 413 g/mol. The Morgan fingerprint density at radius 2 is 2.03 bits per heavy atom. The van der Waals surface area contributed by atoms with Gasteiger partial charge in [0.2, 0.25) is 0 Å². The second kappa shape index (κ2) is 9.62. The maximum Gasteiger partial charge on any atom is 0.318 e. The summed E-state index contributed by atoms with van der Waals surface area (Å²) in [5.41, 5.74) is 2.34. The van der Waals surface area contributed by atoms with E-state index in [0.717, 1.165) is 42.1 Å². The van der Waals surface area contributed by atoms with E-state index in [-0.39, 0.29) is 30.3 Å². The van der Waals surface area contributed by atoms with Crippen LogP contribution in [0.15, 0.2) is 29.1 Å². The Morgan fingerprint density at radius 1 is 1.20 bits per heavy atom. The number of aromatic nitrogens is 1. The minimum Gasteiger partial charge on any atom is -0.376 e. The van der Waals surface area contributed by atoms with E-state index in [1.807, 2.05) is 31.2 Å². The highest BCUT2D eigenvalue weighted by Gasteiger charge is 2.25. The molecule has 1 unspecified atom stereocenters. The van der Waals surface area contributed by atoms with Crippen LogP contribution in [-0.2, 0) is 16.0 Å². The maximum atomic E-state index is 13.1. The molecule has 7 nitrogen and oxygen atoms in total. The summed E-state index contributed by atoms with van der Waals surface area (Å²) in [5, 5.41) is 4.14. The molecule has 2 heterocycles. The van der Waals surface area contributed by atoms with Gasteiger partial charge >= 0.3 is 6.03 Å². The Hall–Kier alpha value is -2.38. The van der Waals surface area contributed by atoms with Gasteiger partial charge in [-0.2, -0.15) is 0 Å². The smallest absolute Gasteiger partial charge is 0.318 e. The topological polar surface area (TPSA) is 83.7 Å². The van der Waals surface area contributed by atoms with Crippen LogP contribution in [-0.4, -0.2) is 54.4 Å². The fourth-order valence-corrected chi connectivity index (χ4v) is 4.31. The summed E-state index contributed by atoms with van der Waals surface area (Å²) < 4.78 is 11.3. The van der Waals surface area contributed by atoms with Crippen LogP contribution in [0, 0.1) is 6.92 Å². The molecule has 2 fully saturated rings. The van der Waals surface area contributed by atoms with Crippen LogP contribution in [0.1, 0.15) is 43.2 Å². The van der Waals surface area contributed by atoms with Crippen molar-refractivity contribution in [1.29, 1.82) is 0 Å². The van der Waals surface area contributed by atoms with E-state index >= 15 is 0 Å². The van der Waals surface area contributed by atoms with Crippen molar-refractivity contribution in [3.8, 4) is 0 Å². The van der Waals surface area contributed by atoms with Crippen molar-refractivity contribution >= 4 is 16.9 Å². The van der Waals surface area contributed by atoms with Gasteiger partial charge in [0.25, 0.3) is 5.56 Å². The first kappa shape index (κ1) is 20.9. The van der Waals surface area contributed by atoms with Crippen LogP contribution in [0.5, 0.6) is 0 Å². The highest BCUT2D eigenvalue weighted by molar-refractivity contribution is 5.80. The van der Waals surface area contributed by atoms with E-state index in [1.54, 1.807) is 4.90 Å². The fourth-order valence-electron chi connectivity index (χ4n) is 4.31. The molecular weight excluding hydrogens is 382 g/mol. The predicted octanol–water partition coefficient (Wildman–Crippen LogP) is 3.10. The molecule has 1 aliphatic carbocycles. The highest BCUT2D eigenvalue weighted by Crippen LogP contribution is 2.19. The van der Waals surface area contributed by atoms with Crippen molar-refractivity contribution in [3.63, 3.8) is 0 Å². The van der Waals surface area contributed by atoms with Gasteiger partial charge in [0.1, 0.15) is 0 Å². The van der Waals surface area contributed by atoms with Crippen molar-refractivity contribution in [2.24, 2.45) is 0 Å². The molecule has 0 bridgehead atoms. The number of fused-ring (bicyclic) bond motifs is 1. The number of aromatic amines is 1. The molecule has 0 spiro atoms. The molecule has 30 heavy (non-hydrogen) atoms. The molecule has 2 amide bonds. The summed E-state index contributed by atoms with van der Waals surface area (Å²) in [7, 11) is 0. The van der Waals surface area contributed by atoms with Crippen LogP contribution in [0.25, 0.3) is 10.9 Å². The minimum absolute atomic E-state index is 0.139. The van der Waals surface area contributed by atoms with Crippen LogP contribution in [0.3, 0.4) is 0 Å². The molecule has 2 aromatic rings. The number of nitrogens with zero attached hydrogens (tertiary/aromatic N) is 1. The third-order valence-corrected chi connectivity index (χ3v) is 5.97. The number of amides is 2. The average molecular weight is 414 g/mol. The van der Waals surface area contributed by atoms with Gasteiger partial charge in [-0.15, -0.1) is 0 Å². The van der Waals surface area contributed by atoms with Crippen LogP contribution in [0.2, 0.25) is 0 Å². The highest BCUT2D eigenvalue weighted by atomic mass is 16.6. The maximum absolute atomic E-state index is 13.1. The van der Waals surface area contributed by atoms with Gasteiger partial charge in [-0.25, -0.2) is 4.79 Å². The van der Waals surface area contributed by atoms with Crippen LogP contribution < -0.4 is 10.9 Å². The Bertz CT molecular complexity index is 930. The molecule has 1 saturated carbocycles. The second-order valence-electron chi connectivity index (χ2n) is 8.45. The molecule has 0 radical (unpaired) electrons. The Morgan fingerprint density at radius 3 is 2.80 bits per heavy atom. The first-order valence-corrected chi connectivity index (χ1v) is 11.0. The molecule has 7 heteroatoms. The number of urea groups is 1. The summed E-state index contributed by atoms with van der Waals surface area (Å²) >= 11 is 0. The van der Waals surface area contributed by atoms with Crippen molar-refractivity contribution in [3.05, 3.63) is 45.7 Å². The predicted molar refractivity (Wildman–Crippen MR) is 116 cm³/mol. The standard InChI is InChI=1S/C23H31N3O4/c1-16-7-8-21-17(11-16)12-18(22(27)25-21)13-26(14-20-15-29-9-10-30-20)23(28)24-19-5-3-2-4-6-19/h7-8,11-12,19-20H,2-6,9-10,13-15H2,1H3,(H,24,28)(H,25,27). The summed E-state index contributed by atoms with van der Waals surface area (Å²) in [6.07, 6.45) is 5.37. The molecule has 4 rings (SSSR count). The number of carbonyl (C=O) groups excluding carboxylic acids is 1. The van der Waals surface area contributed by atoms with Crippen molar-refractivity contribution in [2.75, 3.05) is 26.4 Å². The number of nitrogens with one attached hydrogen (secondary N) is 2. The first-order valence-electron chi connectivity index (χ1n) is 11.0. The van der Waals surface area contributed by atoms with Gasteiger partial charge < -0.3 is 24.7 Å². The molecule has 1 aromatic carbocycles. The van der Waals surface area contributed by atoms with Gasteiger partial charge in [-0.3, -0.25) is 4.79 Å². The van der Waals surface area contributed by atoms with Crippen LogP contribution in [0.4, 0.5) is 4.79 Å². The summed E-state index contributed by atoms with van der Waals surface area (Å²) in [6, 6.07) is 7.88. The van der Waals surface area contributed by atoms with E-state index in [4.69, 9.17) is 9.47 Å². The average Bonchev–Trinajstić information content (AvgIpc) is 2.75. The van der Waals surface area contributed by atoms with E-state index in [1.165, 1.54) is 6.42 Å². The van der Waals surface area contributed by atoms with Crippen molar-refractivity contribution in [2.45, 2.75) is 57.7 Å². The number of pyridine rings is 1. The Labute approximate surface area is 176 Å². The Kier molecular flexibility index (Phi) is 6.69. The third kappa shape index (κ3) is 5.21. The zero-order chi connectivity index (χ0) is 20.9. The second-order valence-corrected chi connectivity index (χ2v) is 8.45. The van der Waals surface area contributed by atoms with Gasteiger partial charge in [-0.05, 0) is 43.4 Å². The molecule has 2 N–H and O–H groups in total. The zero-order valence-corrected chi connectivity index (χ0v) is 17.6. The van der Waals surface area contributed by atoms with E-state index in [9.17, 15) is 9.59 Å². The third-order valence-electron chi connectivity index (χ3n) is 5.97.